The number of amides is 1. The highest BCUT2D eigenvalue weighted by Gasteiger charge is 2.15. The lowest BCUT2D eigenvalue weighted by Gasteiger charge is -2.24. The number of hydrogen-bond donors (Lipinski definition) is 2. The van der Waals surface area contributed by atoms with Crippen LogP contribution in [-0.4, -0.2) is 5.91 Å². The van der Waals surface area contributed by atoms with Crippen molar-refractivity contribution in [1.29, 1.82) is 0 Å². The number of hydrogen-bond acceptors (Lipinski definition) is 2. The average Bonchev–Trinajstić information content (AvgIpc) is 2.56. The summed E-state index contributed by atoms with van der Waals surface area (Å²) in [5.74, 6) is 1.01. The van der Waals surface area contributed by atoms with Gasteiger partial charge in [0.1, 0.15) is 0 Å². The fourth-order valence-corrected chi connectivity index (χ4v) is 2.96. The first-order valence-corrected chi connectivity index (χ1v) is 9.06. The smallest absolute Gasteiger partial charge is 0.221 e. The molecule has 0 bridgehead atoms. The summed E-state index contributed by atoms with van der Waals surface area (Å²) in [7, 11) is 0. The summed E-state index contributed by atoms with van der Waals surface area (Å²) in [5.41, 5.74) is 4.74. The molecule has 0 aliphatic rings. The maximum atomic E-state index is 11.1. The second kappa shape index (κ2) is 8.82. The molecule has 0 aliphatic carbocycles. The molecule has 2 rings (SSSR count). The molecule has 0 aliphatic heterocycles. The second-order valence-electron chi connectivity index (χ2n) is 7.30. The van der Waals surface area contributed by atoms with Crippen molar-refractivity contribution < 1.29 is 4.79 Å². The Hall–Kier alpha value is -2.13. The van der Waals surface area contributed by atoms with Crippen LogP contribution in [0.25, 0.3) is 0 Å². The standard InChI is InChI=1S/C22H30N2O/c1-15(2)19-8-10-20(11-9-19)22(16(3)4)23-14-18-6-12-21(13-7-18)24-17(5)25/h6-13,15-16,22-23H,14H2,1-5H3,(H,24,25)/t22-/m0/s1. The first-order chi connectivity index (χ1) is 11.9. The van der Waals surface area contributed by atoms with Gasteiger partial charge in [-0.2, -0.15) is 0 Å². The van der Waals surface area contributed by atoms with Crippen LogP contribution < -0.4 is 10.6 Å². The van der Waals surface area contributed by atoms with Gasteiger partial charge in [-0.1, -0.05) is 64.1 Å². The molecule has 0 spiro atoms. The summed E-state index contributed by atoms with van der Waals surface area (Å²) in [6.45, 7) is 11.2. The number of carbonyl (C=O) groups excluding carboxylic acids is 1. The highest BCUT2D eigenvalue weighted by molar-refractivity contribution is 5.88. The number of benzene rings is 2. The molecule has 0 fully saturated rings. The van der Waals surface area contributed by atoms with E-state index in [1.54, 1.807) is 0 Å². The molecule has 1 atom stereocenters. The van der Waals surface area contributed by atoms with E-state index in [-0.39, 0.29) is 5.91 Å². The first-order valence-electron chi connectivity index (χ1n) is 9.06. The molecule has 0 unspecified atom stereocenters. The molecule has 3 nitrogen and oxygen atoms in total. The zero-order chi connectivity index (χ0) is 18.4. The van der Waals surface area contributed by atoms with Crippen LogP contribution in [0.1, 0.15) is 63.3 Å². The largest absolute Gasteiger partial charge is 0.326 e. The van der Waals surface area contributed by atoms with E-state index in [1.807, 2.05) is 12.1 Å². The van der Waals surface area contributed by atoms with Crippen LogP contribution in [0.15, 0.2) is 48.5 Å². The van der Waals surface area contributed by atoms with E-state index in [0.717, 1.165) is 12.2 Å². The van der Waals surface area contributed by atoms with Crippen molar-refractivity contribution in [2.75, 3.05) is 5.32 Å². The van der Waals surface area contributed by atoms with E-state index in [9.17, 15) is 4.79 Å². The average molecular weight is 338 g/mol. The third-order valence-corrected chi connectivity index (χ3v) is 4.43. The van der Waals surface area contributed by atoms with Crippen LogP contribution in [0.5, 0.6) is 0 Å². The Morgan fingerprint density at radius 1 is 0.880 bits per heavy atom. The van der Waals surface area contributed by atoms with Gasteiger partial charge in [0.25, 0.3) is 0 Å². The summed E-state index contributed by atoms with van der Waals surface area (Å²) >= 11 is 0. The molecule has 0 radical (unpaired) electrons. The van der Waals surface area contributed by atoms with E-state index in [2.05, 4.69) is 74.7 Å². The lowest BCUT2D eigenvalue weighted by Crippen LogP contribution is -2.25. The number of carbonyl (C=O) groups is 1. The van der Waals surface area contributed by atoms with E-state index >= 15 is 0 Å². The van der Waals surface area contributed by atoms with E-state index < -0.39 is 0 Å². The monoisotopic (exact) mass is 338 g/mol. The van der Waals surface area contributed by atoms with Crippen molar-refractivity contribution in [2.45, 2.75) is 53.1 Å². The summed E-state index contributed by atoms with van der Waals surface area (Å²) in [6, 6.07) is 17.3. The Bertz CT molecular complexity index is 672. The third kappa shape index (κ3) is 5.71. The van der Waals surface area contributed by atoms with Crippen LogP contribution in [0.3, 0.4) is 0 Å². The van der Waals surface area contributed by atoms with E-state index in [1.165, 1.54) is 23.6 Å². The molecule has 1 amide bonds. The van der Waals surface area contributed by atoms with Gasteiger partial charge in [0.05, 0.1) is 0 Å². The quantitative estimate of drug-likeness (QED) is 0.723. The molecule has 3 heteroatoms. The molecule has 2 aromatic carbocycles. The SMILES string of the molecule is CC(=O)Nc1ccc(CN[C@H](c2ccc(C(C)C)cc2)C(C)C)cc1. The van der Waals surface area contributed by atoms with Gasteiger partial charge in [-0.15, -0.1) is 0 Å². The lowest BCUT2D eigenvalue weighted by molar-refractivity contribution is -0.114. The summed E-state index contributed by atoms with van der Waals surface area (Å²) in [4.78, 5) is 11.1. The summed E-state index contributed by atoms with van der Waals surface area (Å²) in [6.07, 6.45) is 0. The minimum absolute atomic E-state index is 0.0457. The van der Waals surface area contributed by atoms with E-state index in [0.29, 0.717) is 17.9 Å². The van der Waals surface area contributed by atoms with Crippen LogP contribution >= 0.6 is 0 Å². The molecule has 134 valence electrons. The Kier molecular flexibility index (Phi) is 6.77. The minimum atomic E-state index is -0.0457. The van der Waals surface area contributed by atoms with Crippen molar-refractivity contribution in [2.24, 2.45) is 5.92 Å². The first kappa shape index (κ1) is 19.2. The maximum Gasteiger partial charge on any atom is 0.221 e. The second-order valence-corrected chi connectivity index (χ2v) is 7.30. The van der Waals surface area contributed by atoms with Crippen molar-refractivity contribution in [3.05, 3.63) is 65.2 Å². The zero-order valence-corrected chi connectivity index (χ0v) is 16.0. The Balaban J connectivity index is 2.03. The van der Waals surface area contributed by atoms with Gasteiger partial charge in [-0.25, -0.2) is 0 Å². The van der Waals surface area contributed by atoms with Crippen molar-refractivity contribution >= 4 is 11.6 Å². The normalized spacial score (nSPS) is 12.4. The summed E-state index contributed by atoms with van der Waals surface area (Å²) in [5, 5.41) is 6.47. The Morgan fingerprint density at radius 2 is 1.44 bits per heavy atom. The van der Waals surface area contributed by atoms with Gasteiger partial charge < -0.3 is 10.6 Å². The van der Waals surface area contributed by atoms with Gasteiger partial charge in [-0.3, -0.25) is 4.79 Å². The molecule has 2 aromatic rings. The molecular weight excluding hydrogens is 308 g/mol. The van der Waals surface area contributed by atoms with Gasteiger partial charge in [0, 0.05) is 25.2 Å². The third-order valence-electron chi connectivity index (χ3n) is 4.43. The number of anilines is 1. The number of nitrogens with one attached hydrogen (secondary N) is 2. The van der Waals surface area contributed by atoms with Crippen molar-refractivity contribution in [1.82, 2.24) is 5.32 Å². The Morgan fingerprint density at radius 3 is 1.92 bits per heavy atom. The van der Waals surface area contributed by atoms with Crippen LogP contribution in [0.2, 0.25) is 0 Å². The highest BCUT2D eigenvalue weighted by atomic mass is 16.1. The van der Waals surface area contributed by atoms with Crippen LogP contribution in [0.4, 0.5) is 5.69 Å². The van der Waals surface area contributed by atoms with Gasteiger partial charge in [-0.05, 0) is 40.7 Å². The topological polar surface area (TPSA) is 41.1 Å². The predicted octanol–water partition coefficient (Wildman–Crippen LogP) is 5.26. The maximum absolute atomic E-state index is 11.1. The summed E-state index contributed by atoms with van der Waals surface area (Å²) < 4.78 is 0. The van der Waals surface area contributed by atoms with Crippen molar-refractivity contribution in [3.63, 3.8) is 0 Å². The zero-order valence-electron chi connectivity index (χ0n) is 16.0. The molecule has 0 saturated carbocycles. The van der Waals surface area contributed by atoms with Gasteiger partial charge >= 0.3 is 0 Å². The van der Waals surface area contributed by atoms with E-state index in [4.69, 9.17) is 0 Å². The number of rotatable bonds is 7. The highest BCUT2D eigenvalue weighted by Crippen LogP contribution is 2.24. The fraction of sp³-hybridized carbons (Fsp3) is 0.409. The molecule has 25 heavy (non-hydrogen) atoms. The van der Waals surface area contributed by atoms with Gasteiger partial charge in [0.2, 0.25) is 5.91 Å². The lowest BCUT2D eigenvalue weighted by atomic mass is 9.93. The molecule has 0 saturated heterocycles. The minimum Gasteiger partial charge on any atom is -0.326 e. The molecule has 0 aromatic heterocycles. The van der Waals surface area contributed by atoms with Crippen LogP contribution in [-0.2, 0) is 11.3 Å². The van der Waals surface area contributed by atoms with Crippen molar-refractivity contribution in [3.8, 4) is 0 Å². The fourth-order valence-electron chi connectivity index (χ4n) is 2.96. The van der Waals surface area contributed by atoms with Crippen LogP contribution in [0, 0.1) is 5.92 Å². The van der Waals surface area contributed by atoms with Gasteiger partial charge in [0.15, 0.2) is 0 Å². The predicted molar refractivity (Wildman–Crippen MR) is 106 cm³/mol. The molecule has 0 heterocycles. The molecular formula is C22H30N2O. The Labute approximate surface area is 151 Å². The molecule has 2 N–H and O–H groups in total.